The highest BCUT2D eigenvalue weighted by atomic mass is 17.0. The number of carbonyl (C=O) groups is 1. The summed E-state index contributed by atoms with van der Waals surface area (Å²) in [6.07, 6.45) is 0.699. The number of hydrogen-bond acceptors (Lipinski definition) is 6. The normalized spacial score (nSPS) is 12.9. The first-order chi connectivity index (χ1) is 9.15. The van der Waals surface area contributed by atoms with E-state index in [0.717, 1.165) is 0 Å². The molecule has 0 saturated heterocycles. The van der Waals surface area contributed by atoms with E-state index in [4.69, 9.17) is 9.47 Å². The summed E-state index contributed by atoms with van der Waals surface area (Å²) in [4.78, 5) is 25.9. The lowest BCUT2D eigenvalue weighted by atomic mass is 9.95. The summed E-state index contributed by atoms with van der Waals surface area (Å²) >= 11 is 0. The number of carbonyl (C=O) groups excluding carboxylic acids is 1. The van der Waals surface area contributed by atoms with Gasteiger partial charge in [-0.15, -0.1) is 10.1 Å². The minimum absolute atomic E-state index is 0.190. The fourth-order valence-electron chi connectivity index (χ4n) is 1.25. The van der Waals surface area contributed by atoms with E-state index in [1.165, 1.54) is 0 Å². The molecule has 0 aromatic carbocycles. The van der Waals surface area contributed by atoms with Crippen LogP contribution in [0, 0.1) is 16.0 Å². The average Bonchev–Trinajstić information content (AvgIpc) is 2.26. The SMILES string of the molecule is CC(CCCCOC(=O)OC(C)(C)C(C)C)O[N+](=O)[O-]. The van der Waals surface area contributed by atoms with Crippen LogP contribution in [0.3, 0.4) is 0 Å². The molecule has 0 aliphatic carbocycles. The first-order valence-electron chi connectivity index (χ1n) is 6.82. The molecule has 0 aliphatic heterocycles. The minimum atomic E-state index is -0.799. The van der Waals surface area contributed by atoms with Gasteiger partial charge in [0.1, 0.15) is 11.7 Å². The molecule has 0 bridgehead atoms. The minimum Gasteiger partial charge on any atom is -0.434 e. The van der Waals surface area contributed by atoms with Crippen molar-refractivity contribution in [2.24, 2.45) is 5.92 Å². The summed E-state index contributed by atoms with van der Waals surface area (Å²) in [5.41, 5.74) is -0.564. The van der Waals surface area contributed by atoms with E-state index in [-0.39, 0.29) is 12.5 Å². The molecule has 0 saturated carbocycles. The van der Waals surface area contributed by atoms with Gasteiger partial charge in [0, 0.05) is 0 Å². The Kier molecular flexibility index (Phi) is 7.94. The highest BCUT2D eigenvalue weighted by molar-refractivity contribution is 5.60. The van der Waals surface area contributed by atoms with Crippen LogP contribution in [0.2, 0.25) is 0 Å². The number of nitrogens with zero attached hydrogens (tertiary/aromatic N) is 1. The Morgan fingerprint density at radius 2 is 1.85 bits per heavy atom. The van der Waals surface area contributed by atoms with Crippen LogP contribution in [0.25, 0.3) is 0 Å². The molecule has 118 valence electrons. The summed E-state index contributed by atoms with van der Waals surface area (Å²) in [5.74, 6) is 0.190. The van der Waals surface area contributed by atoms with Crippen LogP contribution >= 0.6 is 0 Å². The smallest absolute Gasteiger partial charge is 0.434 e. The standard InChI is InChI=1S/C13H25NO6/c1-10(2)13(4,5)19-12(15)18-9-7-6-8-11(3)20-14(16)17/h10-11H,6-9H2,1-5H3. The van der Waals surface area contributed by atoms with Crippen molar-refractivity contribution < 1.29 is 24.2 Å². The van der Waals surface area contributed by atoms with Gasteiger partial charge in [0.2, 0.25) is 0 Å². The zero-order valence-corrected chi connectivity index (χ0v) is 12.9. The van der Waals surface area contributed by atoms with Gasteiger partial charge in [-0.25, -0.2) is 4.79 Å². The van der Waals surface area contributed by atoms with E-state index in [0.29, 0.717) is 19.3 Å². The van der Waals surface area contributed by atoms with Crippen molar-refractivity contribution in [2.45, 2.75) is 65.6 Å². The molecule has 7 nitrogen and oxygen atoms in total. The van der Waals surface area contributed by atoms with Gasteiger partial charge in [0.15, 0.2) is 0 Å². The van der Waals surface area contributed by atoms with Gasteiger partial charge in [-0.3, -0.25) is 0 Å². The molecule has 1 atom stereocenters. The summed E-state index contributed by atoms with van der Waals surface area (Å²) in [6.45, 7) is 9.44. The molecule has 1 unspecified atom stereocenters. The van der Waals surface area contributed by atoms with Gasteiger partial charge >= 0.3 is 6.16 Å². The molecule has 0 radical (unpaired) electrons. The summed E-state index contributed by atoms with van der Waals surface area (Å²) in [6, 6.07) is 0. The highest BCUT2D eigenvalue weighted by Gasteiger charge is 2.27. The van der Waals surface area contributed by atoms with Gasteiger partial charge in [-0.2, -0.15) is 0 Å². The lowest BCUT2D eigenvalue weighted by Crippen LogP contribution is -2.34. The van der Waals surface area contributed by atoms with Gasteiger partial charge in [-0.1, -0.05) is 13.8 Å². The van der Waals surface area contributed by atoms with Crippen LogP contribution in [0.5, 0.6) is 0 Å². The van der Waals surface area contributed by atoms with E-state index in [9.17, 15) is 14.9 Å². The van der Waals surface area contributed by atoms with Gasteiger partial charge < -0.3 is 14.3 Å². The largest absolute Gasteiger partial charge is 0.508 e. The average molecular weight is 291 g/mol. The molecule has 0 rings (SSSR count). The molecular formula is C13H25NO6. The topological polar surface area (TPSA) is 87.9 Å². The Morgan fingerprint density at radius 1 is 1.25 bits per heavy atom. The van der Waals surface area contributed by atoms with Crippen molar-refractivity contribution in [3.05, 3.63) is 10.1 Å². The molecule has 7 heteroatoms. The van der Waals surface area contributed by atoms with Crippen molar-refractivity contribution in [3.8, 4) is 0 Å². The zero-order chi connectivity index (χ0) is 15.8. The number of hydrogen-bond donors (Lipinski definition) is 0. The number of rotatable bonds is 9. The van der Waals surface area contributed by atoms with Crippen molar-refractivity contribution in [1.82, 2.24) is 0 Å². The first kappa shape index (κ1) is 18.5. The fourth-order valence-corrected chi connectivity index (χ4v) is 1.25. The van der Waals surface area contributed by atoms with E-state index in [2.05, 4.69) is 4.84 Å². The molecule has 0 N–H and O–H groups in total. The lowest BCUT2D eigenvalue weighted by Gasteiger charge is -2.28. The van der Waals surface area contributed by atoms with Crippen molar-refractivity contribution in [2.75, 3.05) is 6.61 Å². The molecule has 0 aromatic rings. The molecule has 0 aliphatic rings. The molecule has 0 fully saturated rings. The second kappa shape index (κ2) is 8.60. The molecule has 0 spiro atoms. The fraction of sp³-hybridized carbons (Fsp3) is 0.923. The maximum atomic E-state index is 11.4. The highest BCUT2D eigenvalue weighted by Crippen LogP contribution is 2.20. The van der Waals surface area contributed by atoms with E-state index < -0.39 is 22.9 Å². The van der Waals surface area contributed by atoms with Gasteiger partial charge in [0.05, 0.1) is 6.61 Å². The van der Waals surface area contributed by atoms with Crippen LogP contribution in [-0.4, -0.2) is 29.6 Å². The Balaban J connectivity index is 3.70. The Hall–Kier alpha value is -1.53. The van der Waals surface area contributed by atoms with Crippen molar-refractivity contribution in [1.29, 1.82) is 0 Å². The molecule has 20 heavy (non-hydrogen) atoms. The van der Waals surface area contributed by atoms with Gasteiger partial charge in [0.25, 0.3) is 5.09 Å². The molecular weight excluding hydrogens is 266 g/mol. The maximum absolute atomic E-state index is 11.4. The molecule has 0 aromatic heterocycles. The maximum Gasteiger partial charge on any atom is 0.508 e. The summed E-state index contributed by atoms with van der Waals surface area (Å²) in [5, 5.41) is 9.27. The van der Waals surface area contributed by atoms with Crippen LogP contribution in [-0.2, 0) is 14.3 Å². The van der Waals surface area contributed by atoms with Crippen LogP contribution < -0.4 is 0 Å². The summed E-state index contributed by atoms with van der Waals surface area (Å²) < 4.78 is 10.2. The van der Waals surface area contributed by atoms with Crippen LogP contribution in [0.4, 0.5) is 4.79 Å². The molecule has 0 heterocycles. The Bertz CT molecular complexity index is 316. The Morgan fingerprint density at radius 3 is 2.35 bits per heavy atom. The monoisotopic (exact) mass is 291 g/mol. The van der Waals surface area contributed by atoms with Gasteiger partial charge in [-0.05, 0) is 46.0 Å². The zero-order valence-electron chi connectivity index (χ0n) is 12.9. The Labute approximate surface area is 119 Å². The quantitative estimate of drug-likeness (QED) is 0.280. The molecule has 0 amide bonds. The third-order valence-corrected chi connectivity index (χ3v) is 3.23. The van der Waals surface area contributed by atoms with E-state index in [1.807, 2.05) is 27.7 Å². The van der Waals surface area contributed by atoms with Crippen molar-refractivity contribution in [3.63, 3.8) is 0 Å². The van der Waals surface area contributed by atoms with Crippen molar-refractivity contribution >= 4 is 6.16 Å². The first-order valence-corrected chi connectivity index (χ1v) is 6.82. The third-order valence-electron chi connectivity index (χ3n) is 3.23. The lowest BCUT2D eigenvalue weighted by molar-refractivity contribution is -0.767. The van der Waals surface area contributed by atoms with E-state index in [1.54, 1.807) is 6.92 Å². The second-order valence-corrected chi connectivity index (χ2v) is 5.59. The second-order valence-electron chi connectivity index (χ2n) is 5.59. The predicted molar refractivity (Wildman–Crippen MR) is 72.7 cm³/mol. The van der Waals surface area contributed by atoms with Crippen LogP contribution in [0.15, 0.2) is 0 Å². The number of unbranched alkanes of at least 4 members (excludes halogenated alkanes) is 1. The van der Waals surface area contributed by atoms with Crippen LogP contribution in [0.1, 0.15) is 53.9 Å². The third kappa shape index (κ3) is 8.55. The number of ether oxygens (including phenoxy) is 2. The van der Waals surface area contributed by atoms with E-state index >= 15 is 0 Å². The summed E-state index contributed by atoms with van der Waals surface area (Å²) in [7, 11) is 0. The predicted octanol–water partition coefficient (Wildman–Crippen LogP) is 3.34.